The zero-order chi connectivity index (χ0) is 29.1. The normalized spacial score (nSPS) is 23.2. The molecule has 9 heteroatoms. The number of methoxy groups -OCH3 is 1. The summed E-state index contributed by atoms with van der Waals surface area (Å²) in [5, 5.41) is 2.24. The van der Waals surface area contributed by atoms with Crippen LogP contribution in [0, 0.1) is 0 Å². The molecule has 0 bridgehead atoms. The summed E-state index contributed by atoms with van der Waals surface area (Å²) >= 11 is 0. The van der Waals surface area contributed by atoms with Crippen molar-refractivity contribution in [1.82, 2.24) is 29.2 Å². The molecule has 4 saturated heterocycles. The van der Waals surface area contributed by atoms with Crippen LogP contribution in [0.4, 0.5) is 0 Å². The molecule has 1 unspecified atom stereocenters. The van der Waals surface area contributed by atoms with Crippen LogP contribution >= 0.6 is 0 Å². The Bertz CT molecular complexity index is 1170. The molecule has 1 atom stereocenters. The molecular formula is C33H52N6O3. The van der Waals surface area contributed by atoms with Gasteiger partial charge in [-0.2, -0.15) is 0 Å². The Labute approximate surface area is 252 Å². The van der Waals surface area contributed by atoms with E-state index in [1.807, 2.05) is 12.1 Å². The fourth-order valence-electron chi connectivity index (χ4n) is 8.10. The summed E-state index contributed by atoms with van der Waals surface area (Å²) in [7, 11) is 4.90. The van der Waals surface area contributed by atoms with Crippen molar-refractivity contribution in [3.05, 3.63) is 30.0 Å². The first kappa shape index (κ1) is 29.9. The average molecular weight is 581 g/mol. The van der Waals surface area contributed by atoms with Crippen molar-refractivity contribution in [2.75, 3.05) is 80.2 Å². The van der Waals surface area contributed by atoms with Gasteiger partial charge in [-0.1, -0.05) is 0 Å². The second kappa shape index (κ2) is 13.6. The number of benzene rings is 1. The molecule has 2 aromatic rings. The lowest BCUT2D eigenvalue weighted by Crippen LogP contribution is -2.47. The molecule has 4 aliphatic heterocycles. The minimum absolute atomic E-state index is 0.134. The number of nitrogens with zero attached hydrogens (tertiary/aromatic N) is 6. The van der Waals surface area contributed by atoms with E-state index in [4.69, 9.17) is 9.57 Å². The first-order valence-electron chi connectivity index (χ1n) is 16.5. The first-order valence-corrected chi connectivity index (χ1v) is 16.5. The topological polar surface area (TPSA) is 56.7 Å². The molecule has 1 amide bonds. The van der Waals surface area contributed by atoms with Crippen molar-refractivity contribution in [2.24, 2.45) is 0 Å². The maximum Gasteiger partial charge on any atom is 0.279 e. The van der Waals surface area contributed by atoms with Gasteiger partial charge in [-0.3, -0.25) is 14.5 Å². The van der Waals surface area contributed by atoms with Crippen molar-refractivity contribution in [2.45, 2.75) is 76.0 Å². The summed E-state index contributed by atoms with van der Waals surface area (Å²) in [6, 6.07) is 7.64. The van der Waals surface area contributed by atoms with Crippen molar-refractivity contribution in [1.29, 1.82) is 0 Å². The molecule has 0 N–H and O–H groups in total. The summed E-state index contributed by atoms with van der Waals surface area (Å²) in [5.74, 6) is 0.628. The summed E-state index contributed by atoms with van der Waals surface area (Å²) in [4.78, 5) is 29.6. The Morgan fingerprint density at radius 1 is 0.881 bits per heavy atom. The third kappa shape index (κ3) is 6.36. The van der Waals surface area contributed by atoms with E-state index in [-0.39, 0.29) is 12.1 Å². The Balaban J connectivity index is 1.24. The van der Waals surface area contributed by atoms with Crippen molar-refractivity contribution in [3.8, 4) is 5.75 Å². The Morgan fingerprint density at radius 3 is 2.05 bits per heavy atom. The fraction of sp³-hybridized carbons (Fsp3) is 0.727. The average Bonchev–Trinajstić information content (AvgIpc) is 3.83. The van der Waals surface area contributed by atoms with Gasteiger partial charge in [-0.25, -0.2) is 5.06 Å². The molecule has 1 aromatic heterocycles. The minimum atomic E-state index is -0.134. The summed E-state index contributed by atoms with van der Waals surface area (Å²) in [6.45, 7) is 10.8. The number of ether oxygens (including phenoxy) is 1. The quantitative estimate of drug-likeness (QED) is 0.389. The van der Waals surface area contributed by atoms with E-state index in [9.17, 15) is 4.79 Å². The lowest BCUT2D eigenvalue weighted by Gasteiger charge is -2.42. The molecule has 9 nitrogen and oxygen atoms in total. The lowest BCUT2D eigenvalue weighted by molar-refractivity contribution is -0.0756. The van der Waals surface area contributed by atoms with Crippen molar-refractivity contribution in [3.63, 3.8) is 0 Å². The molecule has 0 radical (unpaired) electrons. The first-order chi connectivity index (χ1) is 20.6. The predicted molar refractivity (Wildman–Crippen MR) is 167 cm³/mol. The van der Waals surface area contributed by atoms with E-state index in [2.05, 4.69) is 36.4 Å². The van der Waals surface area contributed by atoms with E-state index in [0.29, 0.717) is 11.6 Å². The van der Waals surface area contributed by atoms with Gasteiger partial charge in [-0.15, -0.1) is 0 Å². The molecule has 0 aliphatic carbocycles. The van der Waals surface area contributed by atoms with Crippen LogP contribution in [-0.4, -0.2) is 127 Å². The maximum atomic E-state index is 13.5. The fourth-order valence-corrected chi connectivity index (χ4v) is 8.10. The van der Waals surface area contributed by atoms with Gasteiger partial charge < -0.3 is 24.0 Å². The van der Waals surface area contributed by atoms with Crippen LogP contribution < -0.4 is 4.74 Å². The number of hydrogen-bond donors (Lipinski definition) is 0. The number of piperidine rings is 2. The Hall–Kier alpha value is -2.17. The third-order valence-electron chi connectivity index (χ3n) is 10.6. The standard InChI is InChI=1S/C33H52N6O3/c1-34(42-3)33(40)30-25-39(31-9-8-28(41-2)24-29(30)31)32(38-22-12-27(13-23-38)37-17-6-7-18-37)14-21-35-19-10-26(11-20-35)36-15-4-5-16-36/h8-9,24-27,32H,4-7,10-23H2,1-3H3. The Kier molecular flexibility index (Phi) is 9.70. The summed E-state index contributed by atoms with van der Waals surface area (Å²) in [5.41, 5.74) is 1.75. The van der Waals surface area contributed by atoms with Crippen molar-refractivity contribution < 1.29 is 14.4 Å². The van der Waals surface area contributed by atoms with E-state index in [1.54, 1.807) is 14.2 Å². The molecule has 0 saturated carbocycles. The highest BCUT2D eigenvalue weighted by Gasteiger charge is 2.33. The molecule has 4 aliphatic rings. The predicted octanol–water partition coefficient (Wildman–Crippen LogP) is 4.29. The van der Waals surface area contributed by atoms with Gasteiger partial charge in [-0.05, 0) is 115 Å². The van der Waals surface area contributed by atoms with E-state index in [0.717, 1.165) is 48.7 Å². The number of rotatable bonds is 10. The zero-order valence-electron chi connectivity index (χ0n) is 26.2. The number of carbonyl (C=O) groups is 1. The summed E-state index contributed by atoms with van der Waals surface area (Å²) in [6.07, 6.45) is 13.8. The molecule has 5 heterocycles. The van der Waals surface area contributed by atoms with Crippen LogP contribution in [0.3, 0.4) is 0 Å². The van der Waals surface area contributed by atoms with Gasteiger partial charge >= 0.3 is 0 Å². The highest BCUT2D eigenvalue weighted by molar-refractivity contribution is 6.07. The number of likely N-dealkylation sites (tertiary alicyclic amines) is 4. The second-order valence-electron chi connectivity index (χ2n) is 12.9. The number of aromatic nitrogens is 1. The van der Waals surface area contributed by atoms with Gasteiger partial charge in [0.25, 0.3) is 5.91 Å². The smallest absolute Gasteiger partial charge is 0.279 e. The largest absolute Gasteiger partial charge is 0.497 e. The summed E-state index contributed by atoms with van der Waals surface area (Å²) < 4.78 is 7.96. The molecule has 42 heavy (non-hydrogen) atoms. The van der Waals surface area contributed by atoms with E-state index in [1.165, 1.54) is 103 Å². The number of hydroxylamine groups is 2. The molecule has 4 fully saturated rings. The van der Waals surface area contributed by atoms with Gasteiger partial charge in [0.05, 0.1) is 31.5 Å². The van der Waals surface area contributed by atoms with Crippen LogP contribution in [0.2, 0.25) is 0 Å². The number of hydrogen-bond acceptors (Lipinski definition) is 7. The Morgan fingerprint density at radius 2 is 1.48 bits per heavy atom. The molecule has 6 rings (SSSR count). The van der Waals surface area contributed by atoms with Crippen LogP contribution in [0.25, 0.3) is 10.9 Å². The molecule has 232 valence electrons. The van der Waals surface area contributed by atoms with Gasteiger partial charge in [0.15, 0.2) is 0 Å². The second-order valence-corrected chi connectivity index (χ2v) is 12.9. The van der Waals surface area contributed by atoms with E-state index >= 15 is 0 Å². The molecule has 1 aromatic carbocycles. The van der Waals surface area contributed by atoms with Crippen LogP contribution in [-0.2, 0) is 4.84 Å². The third-order valence-corrected chi connectivity index (χ3v) is 10.6. The zero-order valence-corrected chi connectivity index (χ0v) is 26.2. The molecular weight excluding hydrogens is 528 g/mol. The van der Waals surface area contributed by atoms with Crippen molar-refractivity contribution >= 4 is 16.8 Å². The SMILES string of the molecule is COc1ccc2c(c1)c(C(=O)N(C)OC)cn2C(CCN1CCC(N2CCCC2)CC1)N1CCC(N2CCCC2)CC1. The maximum absolute atomic E-state index is 13.5. The van der Waals surface area contributed by atoms with Gasteiger partial charge in [0.1, 0.15) is 5.75 Å². The number of amides is 1. The highest BCUT2D eigenvalue weighted by Crippen LogP contribution is 2.34. The number of carbonyl (C=O) groups excluding carboxylic acids is 1. The lowest BCUT2D eigenvalue weighted by atomic mass is 10.0. The van der Waals surface area contributed by atoms with E-state index < -0.39 is 0 Å². The van der Waals surface area contributed by atoms with Crippen LogP contribution in [0.15, 0.2) is 24.4 Å². The van der Waals surface area contributed by atoms with Crippen LogP contribution in [0.5, 0.6) is 5.75 Å². The molecule has 0 spiro atoms. The van der Waals surface area contributed by atoms with Gasteiger partial charge in [0, 0.05) is 50.3 Å². The minimum Gasteiger partial charge on any atom is -0.497 e. The highest BCUT2D eigenvalue weighted by atomic mass is 16.7. The number of fused-ring (bicyclic) bond motifs is 1. The van der Waals surface area contributed by atoms with Gasteiger partial charge in [0.2, 0.25) is 0 Å². The monoisotopic (exact) mass is 580 g/mol. The van der Waals surface area contributed by atoms with Crippen LogP contribution in [0.1, 0.15) is 74.3 Å².